The van der Waals surface area contributed by atoms with E-state index in [1.54, 1.807) is 7.11 Å². The maximum absolute atomic E-state index is 12.6. The first kappa shape index (κ1) is 17.3. The summed E-state index contributed by atoms with van der Waals surface area (Å²) < 4.78 is 5.38. The molecule has 0 aromatic heterocycles. The molecule has 0 atom stereocenters. The van der Waals surface area contributed by atoms with Gasteiger partial charge in [-0.05, 0) is 18.4 Å². The van der Waals surface area contributed by atoms with E-state index in [1.807, 2.05) is 21.9 Å². The molecular formula is C18H26BN3O2. The predicted octanol–water partition coefficient (Wildman–Crippen LogP) is 0.829. The zero-order valence-electron chi connectivity index (χ0n) is 14.5. The minimum absolute atomic E-state index is 0.191. The Morgan fingerprint density at radius 2 is 1.62 bits per heavy atom. The third-order valence-electron chi connectivity index (χ3n) is 5.07. The number of methoxy groups -OCH3 is 1. The van der Waals surface area contributed by atoms with Gasteiger partial charge >= 0.3 is 6.03 Å². The van der Waals surface area contributed by atoms with Gasteiger partial charge < -0.3 is 14.5 Å². The maximum atomic E-state index is 12.6. The average Bonchev–Trinajstić information content (AvgIpc) is 2.64. The molecule has 0 bridgehead atoms. The predicted molar refractivity (Wildman–Crippen MR) is 95.7 cm³/mol. The normalized spacial score (nSPS) is 20.4. The quantitative estimate of drug-likeness (QED) is 0.772. The van der Waals surface area contributed by atoms with Crippen molar-refractivity contribution in [1.82, 2.24) is 14.7 Å². The van der Waals surface area contributed by atoms with E-state index < -0.39 is 0 Å². The van der Waals surface area contributed by atoms with Crippen molar-refractivity contribution in [3.63, 3.8) is 0 Å². The van der Waals surface area contributed by atoms with Crippen LogP contribution in [0.4, 0.5) is 4.79 Å². The Labute approximate surface area is 146 Å². The van der Waals surface area contributed by atoms with Crippen molar-refractivity contribution in [2.45, 2.75) is 25.5 Å². The number of carbonyl (C=O) groups excluding carboxylic acids is 1. The third-order valence-corrected chi connectivity index (χ3v) is 5.07. The van der Waals surface area contributed by atoms with Crippen LogP contribution in [-0.2, 0) is 11.3 Å². The van der Waals surface area contributed by atoms with Crippen LogP contribution in [0.5, 0.6) is 0 Å². The summed E-state index contributed by atoms with van der Waals surface area (Å²) in [6, 6.07) is 8.23. The Morgan fingerprint density at radius 3 is 2.21 bits per heavy atom. The Bertz CT molecular complexity index is 536. The van der Waals surface area contributed by atoms with E-state index in [0.29, 0.717) is 6.10 Å². The Kier molecular flexibility index (Phi) is 5.79. The number of benzene rings is 1. The van der Waals surface area contributed by atoms with Crippen LogP contribution in [0.15, 0.2) is 24.3 Å². The van der Waals surface area contributed by atoms with Gasteiger partial charge in [0.05, 0.1) is 6.10 Å². The highest BCUT2D eigenvalue weighted by molar-refractivity contribution is 6.32. The summed E-state index contributed by atoms with van der Waals surface area (Å²) in [5, 5.41) is 0. The minimum Gasteiger partial charge on any atom is -0.381 e. The SMILES string of the molecule is [B]c1ccc(CN2CCN(C(=O)N3CCC(OC)CC3)CC2)cc1. The first-order valence-corrected chi connectivity index (χ1v) is 8.79. The fraction of sp³-hybridized carbons (Fsp3) is 0.611. The van der Waals surface area contributed by atoms with Gasteiger partial charge in [-0.2, -0.15) is 0 Å². The summed E-state index contributed by atoms with van der Waals surface area (Å²) in [6.07, 6.45) is 2.20. The summed E-state index contributed by atoms with van der Waals surface area (Å²) in [4.78, 5) is 19.0. The van der Waals surface area contributed by atoms with Gasteiger partial charge in [0.1, 0.15) is 7.85 Å². The number of carbonyl (C=O) groups is 1. The second kappa shape index (κ2) is 8.03. The van der Waals surface area contributed by atoms with Gasteiger partial charge in [-0.1, -0.05) is 29.7 Å². The van der Waals surface area contributed by atoms with Crippen molar-refractivity contribution < 1.29 is 9.53 Å². The largest absolute Gasteiger partial charge is 0.381 e. The van der Waals surface area contributed by atoms with Gasteiger partial charge in [0, 0.05) is 52.9 Å². The molecule has 24 heavy (non-hydrogen) atoms. The number of hydrogen-bond donors (Lipinski definition) is 0. The molecule has 1 aromatic carbocycles. The molecule has 6 heteroatoms. The van der Waals surface area contributed by atoms with Crippen LogP contribution in [0.25, 0.3) is 0 Å². The van der Waals surface area contributed by atoms with Gasteiger partial charge in [-0.3, -0.25) is 4.90 Å². The molecule has 2 aliphatic rings. The van der Waals surface area contributed by atoms with Crippen molar-refractivity contribution in [2.24, 2.45) is 0 Å². The van der Waals surface area contributed by atoms with Gasteiger partial charge in [0.2, 0.25) is 0 Å². The number of rotatable bonds is 3. The molecule has 0 unspecified atom stereocenters. The third kappa shape index (κ3) is 4.30. The molecule has 2 aliphatic heterocycles. The molecule has 2 fully saturated rings. The van der Waals surface area contributed by atoms with Crippen LogP contribution >= 0.6 is 0 Å². The monoisotopic (exact) mass is 327 g/mol. The van der Waals surface area contributed by atoms with E-state index in [9.17, 15) is 4.79 Å². The molecule has 3 rings (SSSR count). The van der Waals surface area contributed by atoms with Gasteiger partial charge in [0.25, 0.3) is 0 Å². The van der Waals surface area contributed by atoms with Gasteiger partial charge in [0.15, 0.2) is 0 Å². The zero-order valence-corrected chi connectivity index (χ0v) is 14.5. The van der Waals surface area contributed by atoms with Crippen molar-refractivity contribution in [3.05, 3.63) is 29.8 Å². The number of piperidine rings is 1. The molecule has 0 spiro atoms. The number of nitrogens with zero attached hydrogens (tertiary/aromatic N) is 3. The molecule has 2 radical (unpaired) electrons. The van der Waals surface area contributed by atoms with E-state index >= 15 is 0 Å². The number of urea groups is 1. The van der Waals surface area contributed by atoms with Crippen molar-refractivity contribution in [2.75, 3.05) is 46.4 Å². The summed E-state index contributed by atoms with van der Waals surface area (Å²) >= 11 is 0. The fourth-order valence-electron chi connectivity index (χ4n) is 3.46. The maximum Gasteiger partial charge on any atom is 0.320 e. The number of likely N-dealkylation sites (tertiary alicyclic amines) is 1. The highest BCUT2D eigenvalue weighted by atomic mass is 16.5. The number of piperazine rings is 1. The van der Waals surface area contributed by atoms with Crippen LogP contribution in [-0.4, -0.2) is 81.1 Å². The summed E-state index contributed by atoms with van der Waals surface area (Å²) in [5.41, 5.74) is 2.07. The van der Waals surface area contributed by atoms with E-state index in [2.05, 4.69) is 17.0 Å². The highest BCUT2D eigenvalue weighted by Crippen LogP contribution is 2.16. The van der Waals surface area contributed by atoms with Crippen LogP contribution in [0, 0.1) is 0 Å². The number of ether oxygens (including phenoxy) is 1. The highest BCUT2D eigenvalue weighted by Gasteiger charge is 2.28. The Morgan fingerprint density at radius 1 is 1.04 bits per heavy atom. The second-order valence-corrected chi connectivity index (χ2v) is 6.71. The number of hydrogen-bond acceptors (Lipinski definition) is 3. The van der Waals surface area contributed by atoms with Gasteiger partial charge in [-0.25, -0.2) is 4.79 Å². The minimum atomic E-state index is 0.191. The molecule has 5 nitrogen and oxygen atoms in total. The Hall–Kier alpha value is -1.53. The topological polar surface area (TPSA) is 36.0 Å². The average molecular weight is 327 g/mol. The van der Waals surface area contributed by atoms with Crippen LogP contribution < -0.4 is 5.46 Å². The standard InChI is InChI=1S/C18H26BN3O2/c1-24-17-6-8-21(9-7-17)18(23)22-12-10-20(11-13-22)14-15-2-4-16(19)5-3-15/h2-5,17H,6-14H2,1H3. The first-order valence-electron chi connectivity index (χ1n) is 8.79. The summed E-state index contributed by atoms with van der Waals surface area (Å²) in [7, 11) is 7.48. The van der Waals surface area contributed by atoms with E-state index in [-0.39, 0.29) is 6.03 Å². The van der Waals surface area contributed by atoms with Crippen molar-refractivity contribution in [3.8, 4) is 0 Å². The molecule has 2 saturated heterocycles. The molecule has 1 aromatic rings. The zero-order chi connectivity index (χ0) is 16.9. The molecule has 2 amide bonds. The lowest BCUT2D eigenvalue weighted by atomic mass is 9.95. The molecule has 0 aliphatic carbocycles. The van der Waals surface area contributed by atoms with E-state index in [0.717, 1.165) is 64.1 Å². The summed E-state index contributed by atoms with van der Waals surface area (Å²) in [5.74, 6) is 0. The van der Waals surface area contributed by atoms with E-state index in [1.165, 1.54) is 5.56 Å². The molecular weight excluding hydrogens is 301 g/mol. The lowest BCUT2D eigenvalue weighted by molar-refractivity contribution is 0.0405. The molecule has 0 N–H and O–H groups in total. The first-order chi connectivity index (χ1) is 11.7. The van der Waals surface area contributed by atoms with Gasteiger partial charge in [-0.15, -0.1) is 0 Å². The van der Waals surface area contributed by atoms with Crippen molar-refractivity contribution >= 4 is 19.3 Å². The van der Waals surface area contributed by atoms with Crippen LogP contribution in [0.2, 0.25) is 0 Å². The lowest BCUT2D eigenvalue weighted by Crippen LogP contribution is -2.54. The lowest BCUT2D eigenvalue weighted by Gasteiger charge is -2.39. The molecule has 128 valence electrons. The smallest absolute Gasteiger partial charge is 0.320 e. The molecule has 2 heterocycles. The summed E-state index contributed by atoms with van der Waals surface area (Å²) in [6.45, 7) is 5.98. The fourth-order valence-corrected chi connectivity index (χ4v) is 3.46. The van der Waals surface area contributed by atoms with Crippen LogP contribution in [0.3, 0.4) is 0 Å². The van der Waals surface area contributed by atoms with Crippen LogP contribution in [0.1, 0.15) is 18.4 Å². The number of amides is 2. The second-order valence-electron chi connectivity index (χ2n) is 6.71. The van der Waals surface area contributed by atoms with Crippen molar-refractivity contribution in [1.29, 1.82) is 0 Å². The van der Waals surface area contributed by atoms with E-state index in [4.69, 9.17) is 12.6 Å². The Balaban J connectivity index is 1.44. The molecule has 0 saturated carbocycles.